The van der Waals surface area contributed by atoms with Gasteiger partial charge in [0.25, 0.3) is 0 Å². The highest BCUT2D eigenvalue weighted by Gasteiger charge is 2.13. The maximum Gasteiger partial charge on any atom is 0.372 e. The van der Waals surface area contributed by atoms with Gasteiger partial charge in [-0.3, -0.25) is 0 Å². The lowest BCUT2D eigenvalue weighted by Crippen LogP contribution is -2.05. The zero-order valence-electron chi connectivity index (χ0n) is 13.4. The van der Waals surface area contributed by atoms with E-state index in [2.05, 4.69) is 35.0 Å². The number of ether oxygens (including phenoxy) is 2. The van der Waals surface area contributed by atoms with Crippen LogP contribution in [0.4, 0.5) is 4.79 Å². The number of aryl methyl sites for hydroxylation is 2. The zero-order valence-corrected chi connectivity index (χ0v) is 15.8. The largest absolute Gasteiger partial charge is 0.488 e. The van der Waals surface area contributed by atoms with Gasteiger partial charge in [-0.05, 0) is 60.7 Å². The minimum Gasteiger partial charge on any atom is -0.488 e. The number of hydrogen-bond donors (Lipinski definition) is 0. The summed E-state index contributed by atoms with van der Waals surface area (Å²) in [6.45, 7) is 4.48. The molecule has 23 heavy (non-hydrogen) atoms. The van der Waals surface area contributed by atoms with Crippen LogP contribution in [0, 0.1) is 6.92 Å². The van der Waals surface area contributed by atoms with Crippen LogP contribution in [0.3, 0.4) is 0 Å². The molecule has 0 fully saturated rings. The molecule has 0 radical (unpaired) electrons. The Balaban J connectivity index is 2.18. The lowest BCUT2D eigenvalue weighted by Gasteiger charge is -2.14. The van der Waals surface area contributed by atoms with Gasteiger partial charge in [0.15, 0.2) is 0 Å². The topological polar surface area (TPSA) is 35.5 Å². The summed E-state index contributed by atoms with van der Waals surface area (Å²) in [5.74, 6) is 1.35. The molecule has 0 saturated carbocycles. The third-order valence-electron chi connectivity index (χ3n) is 3.46. The number of carbonyl (C=O) groups excluding carboxylic acids is 1. The second-order valence-electron chi connectivity index (χ2n) is 5.01. The average molecular weight is 395 g/mol. The fourth-order valence-electron chi connectivity index (χ4n) is 2.15. The molecule has 0 aromatic heterocycles. The normalized spacial score (nSPS) is 10.4. The first-order chi connectivity index (χ1) is 11.0. The number of rotatable bonds is 5. The molecule has 0 N–H and O–H groups in total. The van der Waals surface area contributed by atoms with Gasteiger partial charge in [0.05, 0.1) is 0 Å². The molecule has 2 rings (SSSR count). The van der Waals surface area contributed by atoms with Gasteiger partial charge in [-0.2, -0.15) is 0 Å². The molecule has 0 saturated heterocycles. The van der Waals surface area contributed by atoms with E-state index in [1.807, 2.05) is 25.1 Å². The molecule has 0 spiro atoms. The van der Waals surface area contributed by atoms with Crippen LogP contribution in [0.2, 0.25) is 0 Å². The summed E-state index contributed by atoms with van der Waals surface area (Å²) in [5.41, 5.74) is 3.19. The number of halogens is 1. The summed E-state index contributed by atoms with van der Waals surface area (Å²) >= 11 is 4.53. The second-order valence-corrected chi connectivity index (χ2v) is 6.61. The summed E-state index contributed by atoms with van der Waals surface area (Å²) in [6.07, 6.45) is 2.69. The third-order valence-corrected chi connectivity index (χ3v) is 4.62. The molecule has 0 unspecified atom stereocenters. The Kier molecular flexibility index (Phi) is 6.54. The minimum atomic E-state index is -0.340. The van der Waals surface area contributed by atoms with Crippen molar-refractivity contribution in [3.8, 4) is 11.5 Å². The van der Waals surface area contributed by atoms with Crippen LogP contribution >= 0.6 is 27.7 Å². The fraction of sp³-hybridized carbons (Fsp3) is 0.278. The van der Waals surface area contributed by atoms with Gasteiger partial charge >= 0.3 is 5.30 Å². The molecule has 0 amide bonds. The predicted octanol–water partition coefficient (Wildman–Crippen LogP) is 5.76. The molecule has 2 aromatic rings. The molecule has 0 aliphatic carbocycles. The number of carbonyl (C=O) groups is 1. The van der Waals surface area contributed by atoms with Crippen LogP contribution in [-0.4, -0.2) is 11.6 Å². The van der Waals surface area contributed by atoms with Crippen molar-refractivity contribution >= 4 is 33.0 Å². The number of thioether (sulfide) groups is 1. The highest BCUT2D eigenvalue weighted by Crippen LogP contribution is 2.30. The van der Waals surface area contributed by atoms with Crippen molar-refractivity contribution in [1.82, 2.24) is 0 Å². The Morgan fingerprint density at radius 3 is 2.65 bits per heavy atom. The standard InChI is InChI=1S/C18H19BrO3S/c1-4-13-8-9-16(12(2)10-13)21-11-14-15(19)6-5-7-17(14)22-18(20)23-3/h5-10H,4,11H2,1-3H3. The highest BCUT2D eigenvalue weighted by molar-refractivity contribution is 9.10. The minimum absolute atomic E-state index is 0.324. The molecular weight excluding hydrogens is 376 g/mol. The quantitative estimate of drug-likeness (QED) is 0.603. The van der Waals surface area contributed by atoms with Crippen molar-refractivity contribution in [3.05, 3.63) is 57.6 Å². The molecule has 0 bridgehead atoms. The Bertz CT molecular complexity index is 701. The maximum atomic E-state index is 11.5. The van der Waals surface area contributed by atoms with Crippen LogP contribution in [0.5, 0.6) is 11.5 Å². The summed E-state index contributed by atoms with van der Waals surface area (Å²) in [7, 11) is 0. The molecule has 0 heterocycles. The van der Waals surface area contributed by atoms with Gasteiger partial charge in [-0.25, -0.2) is 4.79 Å². The third kappa shape index (κ3) is 4.75. The Morgan fingerprint density at radius 1 is 1.22 bits per heavy atom. The van der Waals surface area contributed by atoms with Crippen LogP contribution < -0.4 is 9.47 Å². The Morgan fingerprint density at radius 2 is 2.00 bits per heavy atom. The summed E-state index contributed by atoms with van der Waals surface area (Å²) in [4.78, 5) is 11.5. The molecule has 5 heteroatoms. The lowest BCUT2D eigenvalue weighted by atomic mass is 10.1. The lowest BCUT2D eigenvalue weighted by molar-refractivity contribution is 0.225. The first-order valence-electron chi connectivity index (χ1n) is 7.30. The van der Waals surface area contributed by atoms with E-state index in [9.17, 15) is 4.79 Å². The second kappa shape index (κ2) is 8.41. The number of hydrogen-bond acceptors (Lipinski definition) is 4. The van der Waals surface area contributed by atoms with E-state index >= 15 is 0 Å². The summed E-state index contributed by atoms with van der Waals surface area (Å²) < 4.78 is 12.1. The van der Waals surface area contributed by atoms with Gasteiger partial charge in [0.1, 0.15) is 18.1 Å². The van der Waals surface area contributed by atoms with E-state index in [4.69, 9.17) is 9.47 Å². The van der Waals surface area contributed by atoms with E-state index in [-0.39, 0.29) is 5.30 Å². The van der Waals surface area contributed by atoms with Crippen molar-refractivity contribution < 1.29 is 14.3 Å². The van der Waals surface area contributed by atoms with Crippen LogP contribution in [0.15, 0.2) is 40.9 Å². The molecule has 122 valence electrons. The van der Waals surface area contributed by atoms with Gasteiger partial charge in [-0.15, -0.1) is 0 Å². The van der Waals surface area contributed by atoms with Crippen molar-refractivity contribution in [2.45, 2.75) is 26.9 Å². The van der Waals surface area contributed by atoms with Crippen LogP contribution in [0.1, 0.15) is 23.6 Å². The molecule has 0 aliphatic rings. The first kappa shape index (κ1) is 17.9. The fourth-order valence-corrected chi connectivity index (χ4v) is 2.78. The Hall–Kier alpha value is -1.46. The molecule has 0 aliphatic heterocycles. The van der Waals surface area contributed by atoms with Gasteiger partial charge < -0.3 is 9.47 Å². The highest BCUT2D eigenvalue weighted by atomic mass is 79.9. The van der Waals surface area contributed by atoms with E-state index < -0.39 is 0 Å². The summed E-state index contributed by atoms with van der Waals surface area (Å²) in [6, 6.07) is 11.7. The van der Waals surface area contributed by atoms with Gasteiger partial charge in [-0.1, -0.05) is 41.1 Å². The van der Waals surface area contributed by atoms with Gasteiger partial charge in [0, 0.05) is 10.0 Å². The molecule has 0 atom stereocenters. The average Bonchev–Trinajstić information content (AvgIpc) is 2.55. The predicted molar refractivity (Wildman–Crippen MR) is 98.6 cm³/mol. The maximum absolute atomic E-state index is 11.5. The SMILES string of the molecule is CCc1ccc(OCc2c(Br)cccc2OC(=O)SC)c(C)c1. The van der Waals surface area contributed by atoms with Crippen molar-refractivity contribution in [1.29, 1.82) is 0 Å². The smallest absolute Gasteiger partial charge is 0.372 e. The summed E-state index contributed by atoms with van der Waals surface area (Å²) in [5, 5.41) is -0.340. The molecular formula is C18H19BrO3S. The van der Waals surface area contributed by atoms with Crippen LogP contribution in [-0.2, 0) is 13.0 Å². The van der Waals surface area contributed by atoms with E-state index in [1.54, 1.807) is 12.3 Å². The van der Waals surface area contributed by atoms with Crippen molar-refractivity contribution in [2.24, 2.45) is 0 Å². The van der Waals surface area contributed by atoms with E-state index in [0.717, 1.165) is 39.5 Å². The van der Waals surface area contributed by atoms with Crippen molar-refractivity contribution in [2.75, 3.05) is 6.26 Å². The van der Waals surface area contributed by atoms with Gasteiger partial charge in [0.2, 0.25) is 0 Å². The Labute approximate surface area is 149 Å². The first-order valence-corrected chi connectivity index (χ1v) is 9.32. The van der Waals surface area contributed by atoms with E-state index in [1.165, 1.54) is 5.56 Å². The van der Waals surface area contributed by atoms with Crippen molar-refractivity contribution in [3.63, 3.8) is 0 Å². The zero-order chi connectivity index (χ0) is 16.8. The number of benzene rings is 2. The van der Waals surface area contributed by atoms with E-state index in [0.29, 0.717) is 12.4 Å². The molecule has 3 nitrogen and oxygen atoms in total. The van der Waals surface area contributed by atoms with Crippen LogP contribution in [0.25, 0.3) is 0 Å². The molecule has 2 aromatic carbocycles. The monoisotopic (exact) mass is 394 g/mol.